The van der Waals surface area contributed by atoms with Crippen LogP contribution in [0.3, 0.4) is 0 Å². The Morgan fingerprint density at radius 1 is 1.10 bits per heavy atom. The molecule has 3 atom stereocenters. The number of hydrogen-bond acceptors (Lipinski definition) is 2. The lowest BCUT2D eigenvalue weighted by Crippen LogP contribution is -2.55. The molecule has 0 heterocycles. The summed E-state index contributed by atoms with van der Waals surface area (Å²) in [7, 11) is 0. The summed E-state index contributed by atoms with van der Waals surface area (Å²) in [5, 5.41) is 15.3. The quantitative estimate of drug-likeness (QED) is 0.743. The molecule has 2 saturated carbocycles. The molecule has 0 aromatic heterocycles. The molecule has 0 spiro atoms. The van der Waals surface area contributed by atoms with Crippen LogP contribution in [-0.2, 0) is 4.79 Å². The van der Waals surface area contributed by atoms with Gasteiger partial charge in [0.1, 0.15) is 0 Å². The smallest absolute Gasteiger partial charge is 0.315 e. The monoisotopic (exact) mass is 282 g/mol. The normalized spacial score (nSPS) is 33.0. The summed E-state index contributed by atoms with van der Waals surface area (Å²) >= 11 is 0. The number of hydrogen-bond donors (Lipinski definition) is 3. The van der Waals surface area contributed by atoms with Gasteiger partial charge in [-0.3, -0.25) is 4.79 Å². The Morgan fingerprint density at radius 3 is 2.25 bits per heavy atom. The van der Waals surface area contributed by atoms with E-state index >= 15 is 0 Å². The Morgan fingerprint density at radius 2 is 1.75 bits per heavy atom. The summed E-state index contributed by atoms with van der Waals surface area (Å²) in [5.41, 5.74) is -0.307. The van der Waals surface area contributed by atoms with Crippen LogP contribution in [0.4, 0.5) is 4.79 Å². The summed E-state index contributed by atoms with van der Waals surface area (Å²) < 4.78 is 0. The standard InChI is InChI=1S/C15H26N2O3/c1-9-12(17-14(20)16-10-5-4-6-10)8-7-11(13(18)19)15(9,2)3/h9-12H,4-8H2,1-3H3,(H,18,19)(H2,16,17,20). The number of rotatable bonds is 3. The van der Waals surface area contributed by atoms with Gasteiger partial charge in [0.15, 0.2) is 0 Å². The highest BCUT2D eigenvalue weighted by Crippen LogP contribution is 2.45. The molecule has 2 rings (SSSR count). The van der Waals surface area contributed by atoms with E-state index in [1.807, 2.05) is 20.8 Å². The SMILES string of the molecule is CC1C(NC(=O)NC2CCC2)CCC(C(=O)O)C1(C)C. The third-order valence-electron chi connectivity index (χ3n) is 5.50. The Hall–Kier alpha value is -1.26. The lowest BCUT2D eigenvalue weighted by atomic mass is 9.61. The zero-order valence-electron chi connectivity index (χ0n) is 12.6. The van der Waals surface area contributed by atoms with Crippen molar-refractivity contribution >= 4 is 12.0 Å². The molecular formula is C15H26N2O3. The predicted octanol–water partition coefficient (Wildman–Crippen LogP) is 2.36. The highest BCUT2D eigenvalue weighted by atomic mass is 16.4. The summed E-state index contributed by atoms with van der Waals surface area (Å²) in [5.74, 6) is -0.908. The molecule has 0 aliphatic heterocycles. The van der Waals surface area contributed by atoms with Crippen LogP contribution in [0.1, 0.15) is 52.9 Å². The van der Waals surface area contributed by atoms with Crippen molar-refractivity contribution in [2.45, 2.75) is 65.0 Å². The molecule has 2 aliphatic carbocycles. The third-order valence-corrected chi connectivity index (χ3v) is 5.50. The fourth-order valence-corrected chi connectivity index (χ4v) is 3.39. The van der Waals surface area contributed by atoms with Gasteiger partial charge in [0.2, 0.25) is 0 Å². The van der Waals surface area contributed by atoms with Crippen molar-refractivity contribution in [3.05, 3.63) is 0 Å². The summed E-state index contributed by atoms with van der Waals surface area (Å²) in [6.07, 6.45) is 4.69. The van der Waals surface area contributed by atoms with E-state index in [1.54, 1.807) is 0 Å². The third kappa shape index (κ3) is 2.91. The molecule has 3 N–H and O–H groups in total. The summed E-state index contributed by atoms with van der Waals surface area (Å²) in [6.45, 7) is 6.03. The maximum Gasteiger partial charge on any atom is 0.315 e. The second kappa shape index (κ2) is 5.62. The fourth-order valence-electron chi connectivity index (χ4n) is 3.39. The molecule has 0 saturated heterocycles. The molecule has 2 aliphatic rings. The topological polar surface area (TPSA) is 78.4 Å². The van der Waals surface area contributed by atoms with E-state index in [-0.39, 0.29) is 29.3 Å². The van der Waals surface area contributed by atoms with Gasteiger partial charge in [0, 0.05) is 12.1 Å². The minimum absolute atomic E-state index is 0.0562. The van der Waals surface area contributed by atoms with Crippen LogP contribution in [0.5, 0.6) is 0 Å². The van der Waals surface area contributed by atoms with E-state index in [4.69, 9.17) is 0 Å². The van der Waals surface area contributed by atoms with Crippen molar-refractivity contribution < 1.29 is 14.7 Å². The average Bonchev–Trinajstić information content (AvgIpc) is 2.29. The van der Waals surface area contributed by atoms with Crippen molar-refractivity contribution in [2.75, 3.05) is 0 Å². The lowest BCUT2D eigenvalue weighted by molar-refractivity contribution is -0.150. The average molecular weight is 282 g/mol. The first-order valence-electron chi connectivity index (χ1n) is 7.62. The maximum absolute atomic E-state index is 11.9. The number of carboxylic acid groups (broad SMARTS) is 1. The number of carbonyl (C=O) groups is 2. The molecule has 5 nitrogen and oxygen atoms in total. The van der Waals surface area contributed by atoms with Crippen molar-refractivity contribution in [3.8, 4) is 0 Å². The zero-order valence-corrected chi connectivity index (χ0v) is 12.6. The Balaban J connectivity index is 1.93. The Labute approximate surface area is 120 Å². The molecule has 20 heavy (non-hydrogen) atoms. The number of carboxylic acids is 1. The van der Waals surface area contributed by atoms with Gasteiger partial charge in [0.05, 0.1) is 5.92 Å². The van der Waals surface area contributed by atoms with E-state index < -0.39 is 5.97 Å². The maximum atomic E-state index is 11.9. The van der Waals surface area contributed by atoms with Crippen LogP contribution in [0.2, 0.25) is 0 Å². The Bertz CT molecular complexity index is 391. The molecule has 114 valence electrons. The number of nitrogens with one attached hydrogen (secondary N) is 2. The molecule has 0 radical (unpaired) electrons. The van der Waals surface area contributed by atoms with E-state index in [1.165, 1.54) is 6.42 Å². The van der Waals surface area contributed by atoms with Crippen LogP contribution in [-0.4, -0.2) is 29.2 Å². The number of urea groups is 1. The molecule has 2 amide bonds. The number of amides is 2. The molecule has 0 aromatic carbocycles. The molecule has 0 aromatic rings. The molecule has 2 fully saturated rings. The van der Waals surface area contributed by atoms with Crippen molar-refractivity contribution in [1.82, 2.24) is 10.6 Å². The second-order valence-electron chi connectivity index (χ2n) is 6.93. The van der Waals surface area contributed by atoms with Gasteiger partial charge < -0.3 is 15.7 Å². The van der Waals surface area contributed by atoms with Crippen molar-refractivity contribution in [3.63, 3.8) is 0 Å². The number of carbonyl (C=O) groups excluding carboxylic acids is 1. The predicted molar refractivity (Wildman–Crippen MR) is 76.4 cm³/mol. The van der Waals surface area contributed by atoms with E-state index in [2.05, 4.69) is 10.6 Å². The highest BCUT2D eigenvalue weighted by Gasteiger charge is 2.46. The van der Waals surface area contributed by atoms with Crippen LogP contribution in [0.25, 0.3) is 0 Å². The summed E-state index contributed by atoms with van der Waals surface area (Å²) in [4.78, 5) is 23.3. The minimum Gasteiger partial charge on any atom is -0.481 e. The van der Waals surface area contributed by atoms with Crippen molar-refractivity contribution in [1.29, 1.82) is 0 Å². The first-order chi connectivity index (χ1) is 9.32. The number of aliphatic carboxylic acids is 1. The van der Waals surface area contributed by atoms with Crippen LogP contribution in [0.15, 0.2) is 0 Å². The van der Waals surface area contributed by atoms with Gasteiger partial charge in [-0.05, 0) is 43.4 Å². The molecule has 3 unspecified atom stereocenters. The highest BCUT2D eigenvalue weighted by molar-refractivity contribution is 5.75. The summed E-state index contributed by atoms with van der Waals surface area (Å²) in [6, 6.07) is 0.283. The van der Waals surface area contributed by atoms with E-state index in [0.29, 0.717) is 12.5 Å². The molecular weight excluding hydrogens is 256 g/mol. The largest absolute Gasteiger partial charge is 0.481 e. The van der Waals surface area contributed by atoms with Gasteiger partial charge in [0.25, 0.3) is 0 Å². The van der Waals surface area contributed by atoms with Gasteiger partial charge in [-0.25, -0.2) is 4.79 Å². The molecule has 0 bridgehead atoms. The first-order valence-corrected chi connectivity index (χ1v) is 7.62. The van der Waals surface area contributed by atoms with Crippen LogP contribution < -0.4 is 10.6 Å². The first kappa shape index (κ1) is 15.1. The van der Waals surface area contributed by atoms with Gasteiger partial charge in [-0.2, -0.15) is 0 Å². The van der Waals surface area contributed by atoms with Crippen LogP contribution in [0, 0.1) is 17.3 Å². The lowest BCUT2D eigenvalue weighted by Gasteiger charge is -2.46. The molecule has 5 heteroatoms. The van der Waals surface area contributed by atoms with Gasteiger partial charge >= 0.3 is 12.0 Å². The van der Waals surface area contributed by atoms with Gasteiger partial charge in [-0.15, -0.1) is 0 Å². The second-order valence-corrected chi connectivity index (χ2v) is 6.93. The fraction of sp³-hybridized carbons (Fsp3) is 0.867. The van der Waals surface area contributed by atoms with E-state index in [9.17, 15) is 14.7 Å². The minimum atomic E-state index is -0.723. The van der Waals surface area contributed by atoms with Crippen molar-refractivity contribution in [2.24, 2.45) is 17.3 Å². The van der Waals surface area contributed by atoms with E-state index in [0.717, 1.165) is 19.3 Å². The Kier molecular flexibility index (Phi) is 4.25. The van der Waals surface area contributed by atoms with Gasteiger partial charge in [-0.1, -0.05) is 20.8 Å². The zero-order chi connectivity index (χ0) is 14.9. The van der Waals surface area contributed by atoms with Crippen LogP contribution >= 0.6 is 0 Å².